The van der Waals surface area contributed by atoms with Crippen molar-refractivity contribution in [2.24, 2.45) is 5.73 Å². The minimum Gasteiger partial charge on any atom is -0.367 e. The Hall–Kier alpha value is -1.02. The van der Waals surface area contributed by atoms with Crippen LogP contribution in [0.25, 0.3) is 0 Å². The van der Waals surface area contributed by atoms with Crippen molar-refractivity contribution in [3.05, 3.63) is 29.8 Å². The zero-order valence-electron chi connectivity index (χ0n) is 11.0. The highest BCUT2D eigenvalue weighted by Crippen LogP contribution is 2.36. The van der Waals surface area contributed by atoms with Crippen LogP contribution in [0, 0.1) is 0 Å². The van der Waals surface area contributed by atoms with Gasteiger partial charge in [-0.25, -0.2) is 0 Å². The van der Waals surface area contributed by atoms with Crippen LogP contribution in [0.15, 0.2) is 24.3 Å². The van der Waals surface area contributed by atoms with Crippen molar-refractivity contribution in [2.45, 2.75) is 45.1 Å². The van der Waals surface area contributed by atoms with Gasteiger partial charge in [0, 0.05) is 24.8 Å². The zero-order chi connectivity index (χ0) is 12.3. The fourth-order valence-corrected chi connectivity index (χ4v) is 2.89. The van der Waals surface area contributed by atoms with Crippen LogP contribution in [-0.4, -0.2) is 19.1 Å². The number of nitrogens with two attached hydrogens (primary N) is 1. The molecule has 17 heavy (non-hydrogen) atoms. The van der Waals surface area contributed by atoms with E-state index in [1.54, 1.807) is 0 Å². The summed E-state index contributed by atoms with van der Waals surface area (Å²) in [7, 11) is 0. The van der Waals surface area contributed by atoms with Gasteiger partial charge in [-0.05, 0) is 30.4 Å². The van der Waals surface area contributed by atoms with Crippen molar-refractivity contribution in [1.29, 1.82) is 0 Å². The lowest BCUT2D eigenvalue weighted by molar-refractivity contribution is 0.507. The van der Waals surface area contributed by atoms with E-state index in [0.29, 0.717) is 12.0 Å². The number of hydrogen-bond donors (Lipinski definition) is 1. The number of fused-ring (bicyclic) bond motifs is 1. The second-order valence-electron chi connectivity index (χ2n) is 5.12. The van der Waals surface area contributed by atoms with E-state index < -0.39 is 0 Å². The molecule has 1 aromatic carbocycles. The van der Waals surface area contributed by atoms with E-state index in [4.69, 9.17) is 5.73 Å². The summed E-state index contributed by atoms with van der Waals surface area (Å²) in [6.45, 7) is 6.48. The molecule has 0 spiro atoms. The van der Waals surface area contributed by atoms with Gasteiger partial charge >= 0.3 is 0 Å². The Balaban J connectivity index is 2.28. The molecule has 2 atom stereocenters. The molecule has 2 heteroatoms. The predicted molar refractivity (Wildman–Crippen MR) is 74.6 cm³/mol. The molecule has 94 valence electrons. The summed E-state index contributed by atoms with van der Waals surface area (Å²) in [6, 6.07) is 9.32. The molecule has 0 saturated heterocycles. The Bertz CT molecular complexity index is 362. The summed E-state index contributed by atoms with van der Waals surface area (Å²) < 4.78 is 0. The molecule has 1 aliphatic rings. The number of anilines is 1. The molecule has 1 aliphatic heterocycles. The van der Waals surface area contributed by atoms with Crippen molar-refractivity contribution in [2.75, 3.05) is 18.0 Å². The third-order valence-corrected chi connectivity index (χ3v) is 3.91. The SMILES string of the molecule is CCCC(CN)N1CCC(C)c2ccccc21. The van der Waals surface area contributed by atoms with Gasteiger partial charge in [-0.3, -0.25) is 0 Å². The van der Waals surface area contributed by atoms with Crippen LogP contribution in [0.4, 0.5) is 5.69 Å². The maximum atomic E-state index is 5.94. The smallest absolute Gasteiger partial charge is 0.0412 e. The van der Waals surface area contributed by atoms with Crippen LogP contribution in [0.5, 0.6) is 0 Å². The Kier molecular flexibility index (Phi) is 4.06. The molecule has 2 N–H and O–H groups in total. The third kappa shape index (κ3) is 2.47. The second-order valence-corrected chi connectivity index (χ2v) is 5.12. The molecular weight excluding hydrogens is 208 g/mol. The second kappa shape index (κ2) is 5.54. The van der Waals surface area contributed by atoms with Crippen molar-refractivity contribution < 1.29 is 0 Å². The van der Waals surface area contributed by atoms with Crippen molar-refractivity contribution in [3.8, 4) is 0 Å². The summed E-state index contributed by atoms with van der Waals surface area (Å²) in [4.78, 5) is 2.53. The number of para-hydroxylation sites is 1. The van der Waals surface area contributed by atoms with Gasteiger partial charge in [0.1, 0.15) is 0 Å². The standard InChI is InChI=1S/C15H24N2/c1-3-6-13(11-16)17-10-9-12(2)14-7-4-5-8-15(14)17/h4-5,7-8,12-13H,3,6,9-11,16H2,1-2H3. The minimum atomic E-state index is 0.508. The third-order valence-electron chi connectivity index (χ3n) is 3.91. The quantitative estimate of drug-likeness (QED) is 0.864. The molecule has 0 aliphatic carbocycles. The molecule has 2 unspecified atom stereocenters. The van der Waals surface area contributed by atoms with Gasteiger partial charge in [-0.2, -0.15) is 0 Å². The summed E-state index contributed by atoms with van der Waals surface area (Å²) in [5.74, 6) is 0.683. The Morgan fingerprint density at radius 3 is 2.88 bits per heavy atom. The minimum absolute atomic E-state index is 0.508. The van der Waals surface area contributed by atoms with Crippen LogP contribution in [-0.2, 0) is 0 Å². The van der Waals surface area contributed by atoms with E-state index in [1.807, 2.05) is 0 Å². The number of benzene rings is 1. The molecule has 2 nitrogen and oxygen atoms in total. The molecular formula is C15H24N2. The fraction of sp³-hybridized carbons (Fsp3) is 0.600. The van der Waals surface area contributed by atoms with Crippen LogP contribution in [0.1, 0.15) is 44.6 Å². The first-order chi connectivity index (χ1) is 8.27. The highest BCUT2D eigenvalue weighted by molar-refractivity contribution is 5.57. The highest BCUT2D eigenvalue weighted by Gasteiger charge is 2.25. The molecule has 0 radical (unpaired) electrons. The van der Waals surface area contributed by atoms with Crippen LogP contribution >= 0.6 is 0 Å². The first-order valence-electron chi connectivity index (χ1n) is 6.83. The summed E-state index contributed by atoms with van der Waals surface area (Å²) in [6.07, 6.45) is 3.65. The van der Waals surface area contributed by atoms with E-state index in [-0.39, 0.29) is 0 Å². The Labute approximate surface area is 105 Å². The normalized spacial score (nSPS) is 21.1. The van der Waals surface area contributed by atoms with Crippen molar-refractivity contribution in [3.63, 3.8) is 0 Å². The van der Waals surface area contributed by atoms with Gasteiger partial charge in [-0.1, -0.05) is 38.5 Å². The molecule has 0 amide bonds. The topological polar surface area (TPSA) is 29.3 Å². The average Bonchev–Trinajstić information content (AvgIpc) is 2.37. The molecule has 1 heterocycles. The van der Waals surface area contributed by atoms with E-state index in [2.05, 4.69) is 43.0 Å². The van der Waals surface area contributed by atoms with Gasteiger partial charge in [0.15, 0.2) is 0 Å². The van der Waals surface area contributed by atoms with E-state index in [1.165, 1.54) is 30.5 Å². The Morgan fingerprint density at radius 2 is 2.18 bits per heavy atom. The lowest BCUT2D eigenvalue weighted by atomic mass is 9.90. The predicted octanol–water partition coefficient (Wildman–Crippen LogP) is 3.13. The zero-order valence-corrected chi connectivity index (χ0v) is 11.0. The van der Waals surface area contributed by atoms with Gasteiger partial charge in [0.25, 0.3) is 0 Å². The number of rotatable bonds is 4. The highest BCUT2D eigenvalue weighted by atomic mass is 15.2. The molecule has 1 aromatic rings. The Morgan fingerprint density at radius 1 is 1.41 bits per heavy atom. The van der Waals surface area contributed by atoms with Gasteiger partial charge < -0.3 is 10.6 Å². The lowest BCUT2D eigenvalue weighted by Gasteiger charge is -2.39. The van der Waals surface area contributed by atoms with Gasteiger partial charge in [0.05, 0.1) is 0 Å². The summed E-state index contributed by atoms with van der Waals surface area (Å²) in [5, 5.41) is 0. The maximum absolute atomic E-state index is 5.94. The van der Waals surface area contributed by atoms with Crippen molar-refractivity contribution >= 4 is 5.69 Å². The average molecular weight is 232 g/mol. The largest absolute Gasteiger partial charge is 0.367 e. The number of nitrogens with zero attached hydrogens (tertiary/aromatic N) is 1. The summed E-state index contributed by atoms with van der Waals surface area (Å²) >= 11 is 0. The maximum Gasteiger partial charge on any atom is 0.0412 e. The fourth-order valence-electron chi connectivity index (χ4n) is 2.89. The number of hydrogen-bond acceptors (Lipinski definition) is 2. The van der Waals surface area contributed by atoms with Gasteiger partial charge in [-0.15, -0.1) is 0 Å². The monoisotopic (exact) mass is 232 g/mol. The van der Waals surface area contributed by atoms with Gasteiger partial charge in [0.2, 0.25) is 0 Å². The summed E-state index contributed by atoms with van der Waals surface area (Å²) in [5.41, 5.74) is 8.85. The molecule has 0 bridgehead atoms. The lowest BCUT2D eigenvalue weighted by Crippen LogP contribution is -2.44. The van der Waals surface area contributed by atoms with E-state index in [0.717, 1.165) is 13.1 Å². The molecule has 2 rings (SSSR count). The molecule has 0 saturated carbocycles. The van der Waals surface area contributed by atoms with Crippen LogP contribution in [0.2, 0.25) is 0 Å². The van der Waals surface area contributed by atoms with Crippen molar-refractivity contribution in [1.82, 2.24) is 0 Å². The van der Waals surface area contributed by atoms with E-state index in [9.17, 15) is 0 Å². The van der Waals surface area contributed by atoms with Crippen LogP contribution in [0.3, 0.4) is 0 Å². The van der Waals surface area contributed by atoms with Crippen LogP contribution < -0.4 is 10.6 Å². The first kappa shape index (κ1) is 12.4. The molecule has 0 aromatic heterocycles. The van der Waals surface area contributed by atoms with E-state index >= 15 is 0 Å². The first-order valence-corrected chi connectivity index (χ1v) is 6.83. The molecule has 0 fully saturated rings.